The summed E-state index contributed by atoms with van der Waals surface area (Å²) in [6, 6.07) is 0. The molecule has 0 bridgehead atoms. The van der Waals surface area contributed by atoms with Gasteiger partial charge in [-0.3, -0.25) is 0 Å². The van der Waals surface area contributed by atoms with Crippen molar-refractivity contribution < 1.29 is 23.8 Å². The van der Waals surface area contributed by atoms with Crippen molar-refractivity contribution in [3.8, 4) is 0 Å². The van der Waals surface area contributed by atoms with E-state index in [9.17, 15) is 5.11 Å². The smallest absolute Gasteiger partial charge is 0.157 e. The zero-order valence-electron chi connectivity index (χ0n) is 29.5. The van der Waals surface area contributed by atoms with Crippen LogP contribution < -0.4 is 0 Å². The highest BCUT2D eigenvalue weighted by Gasteiger charge is 2.17. The second kappa shape index (κ2) is 32.2. The number of ether oxygens (including phenoxy) is 3. The van der Waals surface area contributed by atoms with Crippen LogP contribution in [0.15, 0.2) is 0 Å². The zero-order valence-corrected chi connectivity index (χ0v) is 29.5. The van der Waals surface area contributed by atoms with Gasteiger partial charge in [-0.2, -0.15) is 0 Å². The summed E-state index contributed by atoms with van der Waals surface area (Å²) in [5.74, 6) is 0. The Labute approximate surface area is 264 Å². The Bertz CT molecular complexity index is 510. The topological polar surface area (TPSA) is 47.9 Å². The van der Waals surface area contributed by atoms with E-state index in [-0.39, 0.29) is 6.10 Å². The Morgan fingerprint density at radius 1 is 0.476 bits per heavy atom. The Morgan fingerprint density at radius 3 is 1.26 bits per heavy atom. The molecule has 0 aliphatic carbocycles. The number of rotatable bonds is 35. The lowest BCUT2D eigenvalue weighted by atomic mass is 10.1. The standard InChI is InChI=1S/C37H78NO4/c1-6-8-10-12-14-16-18-20-22-24-26-28-31-40-35-36(34-37(39)42-33-30-38(3,4)5)41-32-29-27-25-23-21-19-17-15-13-11-9-7-2/h36-37,39H,6-35H2,1-5H3/q+1. The second-order valence-electron chi connectivity index (χ2n) is 13.9. The molecule has 0 saturated carbocycles. The number of quaternary nitrogens is 1. The number of unbranched alkanes of at least 4 members (excludes halogenated alkanes) is 22. The molecule has 0 radical (unpaired) electrons. The van der Waals surface area contributed by atoms with Crippen LogP contribution in [0, 0.1) is 0 Å². The fourth-order valence-corrected chi connectivity index (χ4v) is 5.39. The van der Waals surface area contributed by atoms with Gasteiger partial charge in [-0.15, -0.1) is 0 Å². The average Bonchev–Trinajstić information content (AvgIpc) is 2.94. The molecule has 0 fully saturated rings. The number of likely N-dealkylation sites (N-methyl/N-ethyl adjacent to an activating group) is 1. The molecule has 42 heavy (non-hydrogen) atoms. The van der Waals surface area contributed by atoms with E-state index in [2.05, 4.69) is 35.0 Å². The summed E-state index contributed by atoms with van der Waals surface area (Å²) in [6.07, 6.45) is 32.0. The van der Waals surface area contributed by atoms with Crippen LogP contribution in [0.4, 0.5) is 0 Å². The first kappa shape index (κ1) is 41.8. The van der Waals surface area contributed by atoms with Gasteiger partial charge in [-0.25, -0.2) is 0 Å². The van der Waals surface area contributed by atoms with Crippen molar-refractivity contribution in [1.29, 1.82) is 0 Å². The largest absolute Gasteiger partial charge is 0.379 e. The third kappa shape index (κ3) is 34.3. The minimum absolute atomic E-state index is 0.103. The Kier molecular flexibility index (Phi) is 32.0. The van der Waals surface area contributed by atoms with Crippen molar-refractivity contribution in [1.82, 2.24) is 0 Å². The number of aliphatic hydroxyl groups is 1. The van der Waals surface area contributed by atoms with Crippen LogP contribution in [-0.4, -0.2) is 76.1 Å². The molecule has 1 N–H and O–H groups in total. The van der Waals surface area contributed by atoms with Gasteiger partial charge in [0.05, 0.1) is 40.5 Å². The van der Waals surface area contributed by atoms with E-state index in [1.165, 1.54) is 141 Å². The van der Waals surface area contributed by atoms with E-state index < -0.39 is 6.29 Å². The Hall–Kier alpha value is -0.200. The van der Waals surface area contributed by atoms with Crippen LogP contribution in [-0.2, 0) is 14.2 Å². The summed E-state index contributed by atoms with van der Waals surface area (Å²) in [7, 11) is 6.42. The first-order chi connectivity index (χ1) is 20.4. The molecule has 0 heterocycles. The van der Waals surface area contributed by atoms with E-state index in [0.29, 0.717) is 19.6 Å². The molecule has 2 atom stereocenters. The van der Waals surface area contributed by atoms with Gasteiger partial charge in [-0.05, 0) is 12.8 Å². The van der Waals surface area contributed by atoms with Gasteiger partial charge in [0.25, 0.3) is 0 Å². The van der Waals surface area contributed by atoms with Crippen molar-refractivity contribution in [2.45, 2.75) is 187 Å². The summed E-state index contributed by atoms with van der Waals surface area (Å²) in [5.41, 5.74) is 0. The van der Waals surface area contributed by atoms with Crippen molar-refractivity contribution in [2.75, 3.05) is 54.1 Å². The Morgan fingerprint density at radius 2 is 0.857 bits per heavy atom. The molecule has 254 valence electrons. The minimum atomic E-state index is -0.793. The van der Waals surface area contributed by atoms with Gasteiger partial charge in [0, 0.05) is 19.6 Å². The normalized spacial score (nSPS) is 13.6. The minimum Gasteiger partial charge on any atom is -0.379 e. The van der Waals surface area contributed by atoms with Crippen molar-refractivity contribution in [3.63, 3.8) is 0 Å². The van der Waals surface area contributed by atoms with E-state index in [1.54, 1.807) is 0 Å². The van der Waals surface area contributed by atoms with E-state index >= 15 is 0 Å². The van der Waals surface area contributed by atoms with E-state index in [0.717, 1.165) is 37.1 Å². The van der Waals surface area contributed by atoms with E-state index in [4.69, 9.17) is 14.2 Å². The third-order valence-corrected chi connectivity index (χ3v) is 8.33. The number of hydrogen-bond donors (Lipinski definition) is 1. The molecule has 0 saturated heterocycles. The molecule has 2 unspecified atom stereocenters. The highest BCUT2D eigenvalue weighted by molar-refractivity contribution is 4.61. The monoisotopic (exact) mass is 601 g/mol. The summed E-state index contributed by atoms with van der Waals surface area (Å²) in [6.45, 7) is 8.07. The fourth-order valence-electron chi connectivity index (χ4n) is 5.39. The molecule has 0 amide bonds. The quantitative estimate of drug-likeness (QED) is 0.0447. The van der Waals surface area contributed by atoms with Crippen LogP contribution in [0.5, 0.6) is 0 Å². The molecular formula is C37H78NO4+. The Balaban J connectivity index is 3.97. The SMILES string of the molecule is CCCCCCCCCCCCCCOCC(CC(O)OCC[N+](C)(C)C)OCCCCCCCCCCCCCC. The summed E-state index contributed by atoms with van der Waals surface area (Å²) >= 11 is 0. The molecular weight excluding hydrogens is 522 g/mol. The lowest BCUT2D eigenvalue weighted by Gasteiger charge is -2.25. The lowest BCUT2D eigenvalue weighted by Crippen LogP contribution is -2.38. The van der Waals surface area contributed by atoms with Gasteiger partial charge in [0.15, 0.2) is 6.29 Å². The van der Waals surface area contributed by atoms with Crippen molar-refractivity contribution in [2.24, 2.45) is 0 Å². The first-order valence-corrected chi connectivity index (χ1v) is 18.7. The molecule has 5 heteroatoms. The zero-order chi connectivity index (χ0) is 31.0. The predicted molar refractivity (Wildman–Crippen MR) is 182 cm³/mol. The van der Waals surface area contributed by atoms with Gasteiger partial charge >= 0.3 is 0 Å². The molecule has 5 nitrogen and oxygen atoms in total. The van der Waals surface area contributed by atoms with Gasteiger partial charge < -0.3 is 23.8 Å². The maximum Gasteiger partial charge on any atom is 0.157 e. The average molecular weight is 601 g/mol. The predicted octanol–water partition coefficient (Wildman–Crippen LogP) is 10.2. The molecule has 0 spiro atoms. The van der Waals surface area contributed by atoms with Gasteiger partial charge in [-0.1, -0.05) is 155 Å². The summed E-state index contributed by atoms with van der Waals surface area (Å²) in [4.78, 5) is 0. The highest BCUT2D eigenvalue weighted by atomic mass is 16.6. The van der Waals surface area contributed by atoms with Crippen molar-refractivity contribution >= 4 is 0 Å². The second-order valence-corrected chi connectivity index (χ2v) is 13.9. The maximum atomic E-state index is 10.5. The lowest BCUT2D eigenvalue weighted by molar-refractivity contribution is -0.871. The molecule has 0 aliphatic heterocycles. The molecule has 0 aromatic heterocycles. The highest BCUT2D eigenvalue weighted by Crippen LogP contribution is 2.14. The number of aliphatic hydroxyl groups excluding tert-OH is 1. The summed E-state index contributed by atoms with van der Waals surface area (Å²) in [5, 5.41) is 10.5. The first-order valence-electron chi connectivity index (χ1n) is 18.7. The molecule has 0 aromatic carbocycles. The third-order valence-electron chi connectivity index (χ3n) is 8.33. The van der Waals surface area contributed by atoms with Crippen molar-refractivity contribution in [3.05, 3.63) is 0 Å². The molecule has 0 aliphatic rings. The summed E-state index contributed by atoms with van der Waals surface area (Å²) < 4.78 is 18.7. The number of nitrogens with zero attached hydrogens (tertiary/aromatic N) is 1. The van der Waals surface area contributed by atoms with E-state index in [1.807, 2.05) is 0 Å². The van der Waals surface area contributed by atoms with Gasteiger partial charge in [0.1, 0.15) is 6.54 Å². The van der Waals surface area contributed by atoms with Crippen LogP contribution >= 0.6 is 0 Å². The molecule has 0 rings (SSSR count). The fraction of sp³-hybridized carbons (Fsp3) is 1.00. The van der Waals surface area contributed by atoms with Gasteiger partial charge in [0.2, 0.25) is 0 Å². The van der Waals surface area contributed by atoms with Crippen LogP contribution in [0.3, 0.4) is 0 Å². The number of hydrogen-bond acceptors (Lipinski definition) is 4. The molecule has 0 aromatic rings. The maximum absolute atomic E-state index is 10.5. The van der Waals surface area contributed by atoms with Crippen LogP contribution in [0.1, 0.15) is 174 Å². The van der Waals surface area contributed by atoms with Crippen LogP contribution in [0.2, 0.25) is 0 Å². The van der Waals surface area contributed by atoms with Crippen LogP contribution in [0.25, 0.3) is 0 Å².